The summed E-state index contributed by atoms with van der Waals surface area (Å²) >= 11 is 0. The summed E-state index contributed by atoms with van der Waals surface area (Å²) in [5, 5.41) is 13.6. The van der Waals surface area contributed by atoms with Crippen LogP contribution < -0.4 is 5.32 Å². The van der Waals surface area contributed by atoms with E-state index < -0.39 is 0 Å². The van der Waals surface area contributed by atoms with Crippen LogP contribution in [0.3, 0.4) is 0 Å². The third kappa shape index (κ3) is 2.64. The van der Waals surface area contributed by atoms with Crippen LogP contribution in [0.5, 0.6) is 0 Å². The largest absolute Gasteiger partial charge is 0.392 e. The maximum Gasteiger partial charge on any atom is 0.0621 e. The van der Waals surface area contributed by atoms with Gasteiger partial charge in [0.1, 0.15) is 0 Å². The van der Waals surface area contributed by atoms with E-state index in [1.165, 1.54) is 31.2 Å². The number of nitrogens with one attached hydrogen (secondary N) is 1. The SMILES string of the molecule is CC1(C)C(O)CC1NC1CCC(c2ccccc2)CC1. The lowest BCUT2D eigenvalue weighted by molar-refractivity contribution is -0.0771. The van der Waals surface area contributed by atoms with E-state index in [0.29, 0.717) is 12.1 Å². The number of aliphatic hydroxyl groups excluding tert-OH is 1. The average Bonchev–Trinajstić information content (AvgIpc) is 2.48. The summed E-state index contributed by atoms with van der Waals surface area (Å²) in [4.78, 5) is 0. The number of hydrogen-bond donors (Lipinski definition) is 2. The predicted octanol–water partition coefficient (Wildman–Crippen LogP) is 3.46. The molecule has 2 atom stereocenters. The lowest BCUT2D eigenvalue weighted by Crippen LogP contribution is -2.62. The van der Waals surface area contributed by atoms with Crippen LogP contribution in [0.1, 0.15) is 57.4 Å². The van der Waals surface area contributed by atoms with Crippen molar-refractivity contribution in [2.75, 3.05) is 0 Å². The third-order valence-corrected chi connectivity index (χ3v) is 5.65. The number of rotatable bonds is 3. The van der Waals surface area contributed by atoms with Gasteiger partial charge in [-0.3, -0.25) is 0 Å². The van der Waals surface area contributed by atoms with Crippen LogP contribution in [0.15, 0.2) is 30.3 Å². The molecule has 0 spiro atoms. The number of aliphatic hydroxyl groups is 1. The summed E-state index contributed by atoms with van der Waals surface area (Å²) in [5.41, 5.74) is 1.56. The maximum absolute atomic E-state index is 9.83. The second-order valence-corrected chi connectivity index (χ2v) is 7.25. The molecule has 0 amide bonds. The van der Waals surface area contributed by atoms with Crippen LogP contribution in [0.2, 0.25) is 0 Å². The fourth-order valence-corrected chi connectivity index (χ4v) is 3.79. The smallest absolute Gasteiger partial charge is 0.0621 e. The Bertz CT molecular complexity index is 434. The summed E-state index contributed by atoms with van der Waals surface area (Å²) in [6.45, 7) is 4.35. The van der Waals surface area contributed by atoms with E-state index in [9.17, 15) is 5.11 Å². The molecule has 0 saturated heterocycles. The van der Waals surface area contributed by atoms with Crippen molar-refractivity contribution in [2.45, 2.75) is 70.1 Å². The summed E-state index contributed by atoms with van der Waals surface area (Å²) in [5.74, 6) is 0.745. The topological polar surface area (TPSA) is 32.3 Å². The molecule has 0 aromatic heterocycles. The molecular weight excluding hydrogens is 246 g/mol. The van der Waals surface area contributed by atoms with Crippen LogP contribution in [-0.2, 0) is 0 Å². The lowest BCUT2D eigenvalue weighted by atomic mass is 9.64. The molecule has 0 aliphatic heterocycles. The molecule has 1 aromatic carbocycles. The maximum atomic E-state index is 9.83. The van der Waals surface area contributed by atoms with E-state index in [0.717, 1.165) is 12.3 Å². The van der Waals surface area contributed by atoms with Crippen LogP contribution in [0, 0.1) is 5.41 Å². The van der Waals surface area contributed by atoms with Gasteiger partial charge in [0.2, 0.25) is 0 Å². The minimum atomic E-state index is -0.124. The zero-order chi connectivity index (χ0) is 14.2. The normalized spacial score (nSPS) is 36.4. The Kier molecular flexibility index (Phi) is 3.87. The Balaban J connectivity index is 1.50. The van der Waals surface area contributed by atoms with Gasteiger partial charge in [0, 0.05) is 17.5 Å². The highest BCUT2D eigenvalue weighted by molar-refractivity contribution is 5.20. The third-order valence-electron chi connectivity index (χ3n) is 5.65. The van der Waals surface area contributed by atoms with E-state index in [1.54, 1.807) is 0 Å². The van der Waals surface area contributed by atoms with E-state index in [2.05, 4.69) is 49.5 Å². The average molecular weight is 273 g/mol. The van der Waals surface area contributed by atoms with Gasteiger partial charge in [-0.05, 0) is 43.6 Å². The molecule has 2 saturated carbocycles. The van der Waals surface area contributed by atoms with Crippen molar-refractivity contribution >= 4 is 0 Å². The Hall–Kier alpha value is -0.860. The van der Waals surface area contributed by atoms with E-state index >= 15 is 0 Å². The Labute approximate surface area is 122 Å². The highest BCUT2D eigenvalue weighted by Gasteiger charge is 2.47. The van der Waals surface area contributed by atoms with Crippen molar-refractivity contribution < 1.29 is 5.11 Å². The molecule has 2 aliphatic carbocycles. The van der Waals surface area contributed by atoms with Gasteiger partial charge >= 0.3 is 0 Å². The van der Waals surface area contributed by atoms with Crippen molar-refractivity contribution in [2.24, 2.45) is 5.41 Å². The molecule has 3 rings (SSSR count). The molecule has 2 N–H and O–H groups in total. The molecule has 20 heavy (non-hydrogen) atoms. The van der Waals surface area contributed by atoms with E-state index in [1.807, 2.05) is 0 Å². The zero-order valence-corrected chi connectivity index (χ0v) is 12.7. The fourth-order valence-electron chi connectivity index (χ4n) is 3.79. The molecule has 2 nitrogen and oxygen atoms in total. The molecule has 0 bridgehead atoms. The van der Waals surface area contributed by atoms with Crippen molar-refractivity contribution in [3.8, 4) is 0 Å². The highest BCUT2D eigenvalue weighted by atomic mass is 16.3. The van der Waals surface area contributed by atoms with Gasteiger partial charge in [-0.2, -0.15) is 0 Å². The quantitative estimate of drug-likeness (QED) is 0.884. The molecule has 2 fully saturated rings. The van der Waals surface area contributed by atoms with E-state index in [4.69, 9.17) is 0 Å². The lowest BCUT2D eigenvalue weighted by Gasteiger charge is -2.51. The minimum Gasteiger partial charge on any atom is -0.392 e. The van der Waals surface area contributed by atoms with Gasteiger partial charge in [-0.25, -0.2) is 0 Å². The molecule has 110 valence electrons. The first-order valence-electron chi connectivity index (χ1n) is 8.06. The molecule has 2 aliphatic rings. The van der Waals surface area contributed by atoms with Crippen LogP contribution in [0.25, 0.3) is 0 Å². The predicted molar refractivity (Wildman–Crippen MR) is 82.8 cm³/mol. The summed E-state index contributed by atoms with van der Waals surface area (Å²) in [7, 11) is 0. The van der Waals surface area contributed by atoms with Gasteiger partial charge in [-0.15, -0.1) is 0 Å². The Morgan fingerprint density at radius 1 is 1.05 bits per heavy atom. The zero-order valence-electron chi connectivity index (χ0n) is 12.7. The molecule has 1 aromatic rings. The van der Waals surface area contributed by atoms with Crippen molar-refractivity contribution in [3.63, 3.8) is 0 Å². The molecule has 0 heterocycles. The summed E-state index contributed by atoms with van der Waals surface area (Å²) < 4.78 is 0. The van der Waals surface area contributed by atoms with Gasteiger partial charge in [0.05, 0.1) is 6.10 Å². The van der Waals surface area contributed by atoms with Gasteiger partial charge in [-0.1, -0.05) is 44.2 Å². The van der Waals surface area contributed by atoms with Crippen LogP contribution in [0.4, 0.5) is 0 Å². The standard InChI is InChI=1S/C18H27NO/c1-18(2)16(12-17(18)20)19-15-10-8-14(9-11-15)13-6-4-3-5-7-13/h3-7,14-17,19-20H,8-12H2,1-2H3. The second kappa shape index (κ2) is 5.50. The Morgan fingerprint density at radius 3 is 2.25 bits per heavy atom. The number of hydrogen-bond acceptors (Lipinski definition) is 2. The first-order chi connectivity index (χ1) is 9.57. The van der Waals surface area contributed by atoms with Gasteiger partial charge < -0.3 is 10.4 Å². The molecule has 0 radical (unpaired) electrons. The van der Waals surface area contributed by atoms with Gasteiger partial charge in [0.15, 0.2) is 0 Å². The van der Waals surface area contributed by atoms with Crippen molar-refractivity contribution in [3.05, 3.63) is 35.9 Å². The fraction of sp³-hybridized carbons (Fsp3) is 0.667. The monoisotopic (exact) mass is 273 g/mol. The molecule has 2 unspecified atom stereocenters. The van der Waals surface area contributed by atoms with Crippen molar-refractivity contribution in [1.29, 1.82) is 0 Å². The van der Waals surface area contributed by atoms with Crippen LogP contribution in [-0.4, -0.2) is 23.3 Å². The summed E-state index contributed by atoms with van der Waals surface area (Å²) in [6, 6.07) is 12.1. The minimum absolute atomic E-state index is 0.0519. The van der Waals surface area contributed by atoms with Crippen LogP contribution >= 0.6 is 0 Å². The Morgan fingerprint density at radius 2 is 1.70 bits per heavy atom. The first kappa shape index (κ1) is 14.1. The molecule has 2 heteroatoms. The number of benzene rings is 1. The summed E-state index contributed by atoms with van der Waals surface area (Å²) in [6.07, 6.45) is 5.91. The second-order valence-electron chi connectivity index (χ2n) is 7.25. The first-order valence-corrected chi connectivity index (χ1v) is 8.06. The van der Waals surface area contributed by atoms with Gasteiger partial charge in [0.25, 0.3) is 0 Å². The van der Waals surface area contributed by atoms with E-state index in [-0.39, 0.29) is 11.5 Å². The highest BCUT2D eigenvalue weighted by Crippen LogP contribution is 2.42. The molecular formula is C18H27NO. The van der Waals surface area contributed by atoms with Crippen molar-refractivity contribution in [1.82, 2.24) is 5.32 Å².